The van der Waals surface area contributed by atoms with Gasteiger partial charge in [-0.05, 0) is 13.8 Å². The van der Waals surface area contributed by atoms with Crippen molar-refractivity contribution >= 4 is 5.97 Å². The molecule has 13 heavy (non-hydrogen) atoms. The van der Waals surface area contributed by atoms with Crippen LogP contribution in [0.5, 0.6) is 0 Å². The lowest BCUT2D eigenvalue weighted by Gasteiger charge is -2.19. The molecular formula is C8H16O5. The van der Waals surface area contributed by atoms with Crippen LogP contribution in [0.25, 0.3) is 0 Å². The zero-order valence-corrected chi connectivity index (χ0v) is 7.95. The number of ether oxygens (including phenoxy) is 2. The van der Waals surface area contributed by atoms with Crippen LogP contribution in [0.4, 0.5) is 0 Å². The van der Waals surface area contributed by atoms with Gasteiger partial charge in [0.05, 0.1) is 19.8 Å². The number of rotatable bonds is 6. The fourth-order valence-corrected chi connectivity index (χ4v) is 0.603. The number of carbonyl (C=O) groups is 1. The van der Waals surface area contributed by atoms with Gasteiger partial charge in [0.2, 0.25) is 0 Å². The number of aliphatic hydroxyl groups excluding tert-OH is 1. The number of aliphatic hydroxyl groups is 2. The van der Waals surface area contributed by atoms with E-state index in [1.54, 1.807) is 6.92 Å². The number of hydrogen-bond donors (Lipinski definition) is 2. The average Bonchev–Trinajstić information content (AvgIpc) is 2.05. The van der Waals surface area contributed by atoms with Gasteiger partial charge in [0.1, 0.15) is 12.2 Å². The molecule has 0 aromatic carbocycles. The SMILES string of the molecule is CCOC(=O)COCC(C)(O)CO. The van der Waals surface area contributed by atoms with Crippen molar-refractivity contribution in [2.75, 3.05) is 26.4 Å². The summed E-state index contributed by atoms with van der Waals surface area (Å²) in [5, 5.41) is 17.9. The van der Waals surface area contributed by atoms with E-state index in [1.807, 2.05) is 0 Å². The van der Waals surface area contributed by atoms with E-state index < -0.39 is 18.2 Å². The first-order valence-corrected chi connectivity index (χ1v) is 4.08. The monoisotopic (exact) mass is 192 g/mol. The summed E-state index contributed by atoms with van der Waals surface area (Å²) in [5.41, 5.74) is -1.30. The van der Waals surface area contributed by atoms with Crippen molar-refractivity contribution in [1.82, 2.24) is 0 Å². The third-order valence-corrected chi connectivity index (χ3v) is 1.28. The van der Waals surface area contributed by atoms with Gasteiger partial charge in [-0.3, -0.25) is 0 Å². The molecule has 0 saturated heterocycles. The van der Waals surface area contributed by atoms with Gasteiger partial charge in [0.25, 0.3) is 0 Å². The minimum absolute atomic E-state index is 0.0949. The summed E-state index contributed by atoms with van der Waals surface area (Å²) in [5.74, 6) is -0.476. The van der Waals surface area contributed by atoms with Crippen LogP contribution in [0.15, 0.2) is 0 Å². The summed E-state index contributed by atoms with van der Waals surface area (Å²) < 4.78 is 9.40. The molecule has 0 aliphatic carbocycles. The molecule has 0 saturated carbocycles. The Hall–Kier alpha value is -0.650. The van der Waals surface area contributed by atoms with Crippen molar-refractivity contribution in [3.05, 3.63) is 0 Å². The first-order chi connectivity index (χ1) is 6.02. The number of carbonyl (C=O) groups excluding carboxylic acids is 1. The zero-order valence-electron chi connectivity index (χ0n) is 7.95. The Morgan fingerprint density at radius 1 is 1.54 bits per heavy atom. The molecule has 5 heteroatoms. The quantitative estimate of drug-likeness (QED) is 0.545. The fraction of sp³-hybridized carbons (Fsp3) is 0.875. The third-order valence-electron chi connectivity index (χ3n) is 1.28. The smallest absolute Gasteiger partial charge is 0.332 e. The molecule has 0 aliphatic rings. The van der Waals surface area contributed by atoms with Crippen LogP contribution in [0, 0.1) is 0 Å². The van der Waals surface area contributed by atoms with Crippen LogP contribution in [0.1, 0.15) is 13.8 Å². The van der Waals surface area contributed by atoms with E-state index in [0.29, 0.717) is 6.61 Å². The van der Waals surface area contributed by atoms with Crippen molar-refractivity contribution in [1.29, 1.82) is 0 Å². The van der Waals surface area contributed by atoms with Crippen molar-refractivity contribution < 1.29 is 24.5 Å². The molecule has 2 N–H and O–H groups in total. The molecular weight excluding hydrogens is 176 g/mol. The molecule has 0 aromatic heterocycles. The maximum Gasteiger partial charge on any atom is 0.332 e. The minimum atomic E-state index is -1.30. The van der Waals surface area contributed by atoms with Gasteiger partial charge in [0, 0.05) is 0 Å². The van der Waals surface area contributed by atoms with E-state index in [0.717, 1.165) is 0 Å². The van der Waals surface area contributed by atoms with Crippen LogP contribution < -0.4 is 0 Å². The van der Waals surface area contributed by atoms with E-state index in [-0.39, 0.29) is 13.2 Å². The highest BCUT2D eigenvalue weighted by Gasteiger charge is 2.19. The van der Waals surface area contributed by atoms with Crippen LogP contribution in [0.3, 0.4) is 0 Å². The molecule has 0 radical (unpaired) electrons. The van der Waals surface area contributed by atoms with Crippen LogP contribution in [-0.2, 0) is 14.3 Å². The highest BCUT2D eigenvalue weighted by atomic mass is 16.6. The second-order valence-corrected chi connectivity index (χ2v) is 2.95. The van der Waals surface area contributed by atoms with Gasteiger partial charge >= 0.3 is 5.97 Å². The molecule has 0 fully saturated rings. The largest absolute Gasteiger partial charge is 0.464 e. The number of esters is 1. The predicted octanol–water partition coefficient (Wildman–Crippen LogP) is -0.691. The summed E-state index contributed by atoms with van der Waals surface area (Å²) >= 11 is 0. The zero-order chi connectivity index (χ0) is 10.3. The Labute approximate surface area is 77.3 Å². The van der Waals surface area contributed by atoms with Crippen molar-refractivity contribution in [3.63, 3.8) is 0 Å². The van der Waals surface area contributed by atoms with E-state index in [9.17, 15) is 9.90 Å². The Balaban J connectivity index is 3.50. The average molecular weight is 192 g/mol. The summed E-state index contributed by atoms with van der Waals surface area (Å²) in [7, 11) is 0. The Morgan fingerprint density at radius 2 is 2.15 bits per heavy atom. The lowest BCUT2D eigenvalue weighted by Crippen LogP contribution is -2.35. The van der Waals surface area contributed by atoms with Crippen molar-refractivity contribution in [2.24, 2.45) is 0 Å². The molecule has 0 spiro atoms. The molecule has 5 nitrogen and oxygen atoms in total. The van der Waals surface area contributed by atoms with Gasteiger partial charge < -0.3 is 19.7 Å². The van der Waals surface area contributed by atoms with E-state index >= 15 is 0 Å². The van der Waals surface area contributed by atoms with Gasteiger partial charge in [-0.15, -0.1) is 0 Å². The topological polar surface area (TPSA) is 76.0 Å². The second kappa shape index (κ2) is 5.90. The van der Waals surface area contributed by atoms with Crippen LogP contribution in [0.2, 0.25) is 0 Å². The van der Waals surface area contributed by atoms with E-state index in [4.69, 9.17) is 9.84 Å². The summed E-state index contributed by atoms with van der Waals surface area (Å²) in [4.78, 5) is 10.7. The third kappa shape index (κ3) is 6.51. The van der Waals surface area contributed by atoms with Crippen LogP contribution >= 0.6 is 0 Å². The standard InChI is InChI=1S/C8H16O5/c1-3-13-7(10)4-12-6-8(2,11)5-9/h9,11H,3-6H2,1-2H3. The number of hydrogen-bond acceptors (Lipinski definition) is 5. The molecule has 78 valence electrons. The molecule has 0 rings (SSSR count). The summed E-state index contributed by atoms with van der Waals surface area (Å²) in [6, 6.07) is 0. The predicted molar refractivity (Wildman–Crippen MR) is 45.2 cm³/mol. The van der Waals surface area contributed by atoms with Gasteiger partial charge in [-0.1, -0.05) is 0 Å². The Kier molecular flexibility index (Phi) is 5.61. The molecule has 0 aliphatic heterocycles. The van der Waals surface area contributed by atoms with Gasteiger partial charge in [-0.25, -0.2) is 4.79 Å². The molecule has 1 atom stereocenters. The molecule has 0 bridgehead atoms. The maximum atomic E-state index is 10.7. The van der Waals surface area contributed by atoms with Gasteiger partial charge in [0.15, 0.2) is 0 Å². The normalized spacial score (nSPS) is 15.1. The molecule has 0 aromatic rings. The Bertz CT molecular complexity index is 155. The highest BCUT2D eigenvalue weighted by Crippen LogP contribution is 2.01. The molecule has 0 heterocycles. The first kappa shape index (κ1) is 12.3. The molecule has 0 amide bonds. The van der Waals surface area contributed by atoms with Gasteiger partial charge in [-0.2, -0.15) is 0 Å². The molecule has 1 unspecified atom stereocenters. The fourth-order valence-electron chi connectivity index (χ4n) is 0.603. The van der Waals surface area contributed by atoms with E-state index in [1.165, 1.54) is 6.92 Å². The van der Waals surface area contributed by atoms with Crippen LogP contribution in [-0.4, -0.2) is 48.2 Å². The Morgan fingerprint density at radius 3 is 2.62 bits per heavy atom. The highest BCUT2D eigenvalue weighted by molar-refractivity contribution is 5.70. The minimum Gasteiger partial charge on any atom is -0.464 e. The lowest BCUT2D eigenvalue weighted by atomic mass is 10.1. The maximum absolute atomic E-state index is 10.7. The van der Waals surface area contributed by atoms with E-state index in [2.05, 4.69) is 4.74 Å². The van der Waals surface area contributed by atoms with Crippen molar-refractivity contribution in [2.45, 2.75) is 19.4 Å². The van der Waals surface area contributed by atoms with Crippen molar-refractivity contribution in [3.8, 4) is 0 Å². The second-order valence-electron chi connectivity index (χ2n) is 2.95. The first-order valence-electron chi connectivity index (χ1n) is 4.08. The summed E-state index contributed by atoms with van der Waals surface area (Å²) in [6.07, 6.45) is 0. The summed E-state index contributed by atoms with van der Waals surface area (Å²) in [6.45, 7) is 2.71. The lowest BCUT2D eigenvalue weighted by molar-refractivity contribution is -0.151.